The highest BCUT2D eigenvalue weighted by Gasteiger charge is 2.27. The van der Waals surface area contributed by atoms with Gasteiger partial charge < -0.3 is 15.9 Å². The molecular weight excluding hydrogens is 166 g/mol. The number of nitrogens with two attached hydrogens (primary N) is 1. The maximum Gasteiger partial charge on any atom is 0.0792 e. The van der Waals surface area contributed by atoms with Crippen molar-refractivity contribution in [3.63, 3.8) is 0 Å². The van der Waals surface area contributed by atoms with Gasteiger partial charge in [0, 0.05) is 0 Å². The number of hydrogen-bond acceptors (Lipinski definition) is 3. The standard InChI is InChI=1S/C10H23NO2/c1-8(2)5-4-6-10(3,13)9(11)7-12/h8-9,12-13H,4-7,11H2,1-3H3. The van der Waals surface area contributed by atoms with Crippen LogP contribution in [0.15, 0.2) is 0 Å². The molecule has 0 aliphatic heterocycles. The van der Waals surface area contributed by atoms with Crippen molar-refractivity contribution in [2.75, 3.05) is 6.61 Å². The lowest BCUT2D eigenvalue weighted by atomic mass is 9.90. The largest absolute Gasteiger partial charge is 0.395 e. The average Bonchev–Trinajstić information content (AvgIpc) is 2.01. The molecular formula is C10H23NO2. The van der Waals surface area contributed by atoms with E-state index in [9.17, 15) is 5.11 Å². The molecule has 3 nitrogen and oxygen atoms in total. The SMILES string of the molecule is CC(C)CCCC(C)(O)C(N)CO. The quantitative estimate of drug-likeness (QED) is 0.581. The molecule has 0 aromatic rings. The van der Waals surface area contributed by atoms with Crippen LogP contribution in [0.5, 0.6) is 0 Å². The minimum Gasteiger partial charge on any atom is -0.395 e. The Morgan fingerprint density at radius 1 is 1.38 bits per heavy atom. The fourth-order valence-corrected chi connectivity index (χ4v) is 1.25. The second-order valence-corrected chi connectivity index (χ2v) is 4.43. The van der Waals surface area contributed by atoms with Gasteiger partial charge in [0.15, 0.2) is 0 Å². The third-order valence-electron chi connectivity index (χ3n) is 2.46. The Kier molecular flexibility index (Phi) is 5.53. The molecule has 0 rings (SSSR count). The first-order valence-corrected chi connectivity index (χ1v) is 4.99. The predicted molar refractivity (Wildman–Crippen MR) is 54.4 cm³/mol. The lowest BCUT2D eigenvalue weighted by molar-refractivity contribution is 0.00310. The Morgan fingerprint density at radius 3 is 2.31 bits per heavy atom. The van der Waals surface area contributed by atoms with E-state index in [1.807, 2.05) is 0 Å². The van der Waals surface area contributed by atoms with Crippen LogP contribution < -0.4 is 5.73 Å². The molecule has 0 aromatic heterocycles. The summed E-state index contributed by atoms with van der Waals surface area (Å²) in [6.07, 6.45) is 2.71. The minimum atomic E-state index is -0.927. The van der Waals surface area contributed by atoms with Crippen molar-refractivity contribution in [1.29, 1.82) is 0 Å². The van der Waals surface area contributed by atoms with Gasteiger partial charge in [-0.05, 0) is 19.3 Å². The van der Waals surface area contributed by atoms with E-state index >= 15 is 0 Å². The smallest absolute Gasteiger partial charge is 0.0792 e. The topological polar surface area (TPSA) is 66.5 Å². The molecule has 0 saturated carbocycles. The number of rotatable bonds is 6. The van der Waals surface area contributed by atoms with E-state index in [4.69, 9.17) is 10.8 Å². The van der Waals surface area contributed by atoms with E-state index in [2.05, 4.69) is 13.8 Å². The van der Waals surface area contributed by atoms with E-state index in [0.29, 0.717) is 12.3 Å². The first-order chi connectivity index (χ1) is 5.90. The number of aliphatic hydroxyl groups is 2. The summed E-state index contributed by atoms with van der Waals surface area (Å²) in [7, 11) is 0. The molecule has 0 saturated heterocycles. The molecule has 80 valence electrons. The summed E-state index contributed by atoms with van der Waals surface area (Å²) in [5, 5.41) is 18.6. The molecule has 3 heteroatoms. The van der Waals surface area contributed by atoms with Gasteiger partial charge in [-0.2, -0.15) is 0 Å². The van der Waals surface area contributed by atoms with Gasteiger partial charge in [-0.25, -0.2) is 0 Å². The minimum absolute atomic E-state index is 0.158. The van der Waals surface area contributed by atoms with Crippen LogP contribution in [0.2, 0.25) is 0 Å². The average molecular weight is 189 g/mol. The van der Waals surface area contributed by atoms with E-state index in [1.54, 1.807) is 6.92 Å². The van der Waals surface area contributed by atoms with Crippen LogP contribution in [0.4, 0.5) is 0 Å². The third-order valence-corrected chi connectivity index (χ3v) is 2.46. The first kappa shape index (κ1) is 12.9. The van der Waals surface area contributed by atoms with Crippen molar-refractivity contribution in [2.45, 2.75) is 51.7 Å². The normalized spacial score (nSPS) is 18.7. The molecule has 0 aliphatic rings. The molecule has 0 aliphatic carbocycles. The van der Waals surface area contributed by atoms with Crippen LogP contribution in [-0.4, -0.2) is 28.5 Å². The molecule has 0 amide bonds. The predicted octanol–water partition coefficient (Wildman–Crippen LogP) is 0.883. The molecule has 0 spiro atoms. The fraction of sp³-hybridized carbons (Fsp3) is 1.00. The molecule has 0 radical (unpaired) electrons. The Bertz CT molecular complexity index is 135. The fourth-order valence-electron chi connectivity index (χ4n) is 1.25. The summed E-state index contributed by atoms with van der Waals surface area (Å²) in [5.74, 6) is 0.654. The number of hydrogen-bond donors (Lipinski definition) is 3. The molecule has 0 fully saturated rings. The van der Waals surface area contributed by atoms with Crippen molar-refractivity contribution in [3.05, 3.63) is 0 Å². The van der Waals surface area contributed by atoms with Gasteiger partial charge in [-0.15, -0.1) is 0 Å². The van der Waals surface area contributed by atoms with Gasteiger partial charge in [-0.3, -0.25) is 0 Å². The van der Waals surface area contributed by atoms with E-state index < -0.39 is 11.6 Å². The molecule has 0 heterocycles. The molecule has 0 aromatic carbocycles. The monoisotopic (exact) mass is 189 g/mol. The van der Waals surface area contributed by atoms with Crippen molar-refractivity contribution < 1.29 is 10.2 Å². The molecule has 2 atom stereocenters. The van der Waals surface area contributed by atoms with E-state index in [1.165, 1.54) is 0 Å². The highest BCUT2D eigenvalue weighted by Crippen LogP contribution is 2.18. The van der Waals surface area contributed by atoms with Crippen molar-refractivity contribution in [2.24, 2.45) is 11.7 Å². The summed E-state index contributed by atoms with van der Waals surface area (Å²) in [5.41, 5.74) is 4.64. The molecule has 0 bridgehead atoms. The summed E-state index contributed by atoms with van der Waals surface area (Å²) >= 11 is 0. The van der Waals surface area contributed by atoms with Gasteiger partial charge >= 0.3 is 0 Å². The zero-order valence-corrected chi connectivity index (χ0v) is 8.95. The van der Waals surface area contributed by atoms with Crippen LogP contribution in [-0.2, 0) is 0 Å². The lowest BCUT2D eigenvalue weighted by Crippen LogP contribution is -2.47. The maximum atomic E-state index is 9.81. The van der Waals surface area contributed by atoms with Crippen LogP contribution in [0.3, 0.4) is 0 Å². The highest BCUT2D eigenvalue weighted by molar-refractivity contribution is 4.84. The van der Waals surface area contributed by atoms with Crippen molar-refractivity contribution in [1.82, 2.24) is 0 Å². The lowest BCUT2D eigenvalue weighted by Gasteiger charge is -2.29. The summed E-state index contributed by atoms with van der Waals surface area (Å²) in [6.45, 7) is 5.84. The third kappa shape index (κ3) is 5.24. The van der Waals surface area contributed by atoms with Crippen LogP contribution >= 0.6 is 0 Å². The second kappa shape index (κ2) is 5.58. The van der Waals surface area contributed by atoms with Gasteiger partial charge in [-0.1, -0.05) is 26.7 Å². The van der Waals surface area contributed by atoms with Crippen LogP contribution in [0.1, 0.15) is 40.0 Å². The zero-order chi connectivity index (χ0) is 10.5. The van der Waals surface area contributed by atoms with Crippen molar-refractivity contribution in [3.8, 4) is 0 Å². The summed E-state index contributed by atoms with van der Waals surface area (Å²) in [6, 6.07) is -0.528. The zero-order valence-electron chi connectivity index (χ0n) is 8.95. The molecule has 2 unspecified atom stereocenters. The Balaban J connectivity index is 3.75. The summed E-state index contributed by atoms with van der Waals surface area (Å²) < 4.78 is 0. The maximum absolute atomic E-state index is 9.81. The second-order valence-electron chi connectivity index (χ2n) is 4.43. The highest BCUT2D eigenvalue weighted by atomic mass is 16.3. The van der Waals surface area contributed by atoms with E-state index in [0.717, 1.165) is 12.8 Å². The summed E-state index contributed by atoms with van der Waals surface area (Å²) in [4.78, 5) is 0. The van der Waals surface area contributed by atoms with E-state index in [-0.39, 0.29) is 6.61 Å². The first-order valence-electron chi connectivity index (χ1n) is 4.99. The van der Waals surface area contributed by atoms with Gasteiger partial charge in [0.1, 0.15) is 0 Å². The molecule has 13 heavy (non-hydrogen) atoms. The Hall–Kier alpha value is -0.120. The van der Waals surface area contributed by atoms with Crippen molar-refractivity contribution >= 4 is 0 Å². The molecule has 4 N–H and O–H groups in total. The van der Waals surface area contributed by atoms with Gasteiger partial charge in [0.05, 0.1) is 18.2 Å². The Morgan fingerprint density at radius 2 is 1.92 bits per heavy atom. The van der Waals surface area contributed by atoms with Crippen LogP contribution in [0, 0.1) is 5.92 Å². The number of aliphatic hydroxyl groups excluding tert-OH is 1. The van der Waals surface area contributed by atoms with Crippen LogP contribution in [0.25, 0.3) is 0 Å². The Labute approximate surface area is 81.0 Å². The van der Waals surface area contributed by atoms with Gasteiger partial charge in [0.2, 0.25) is 0 Å². The van der Waals surface area contributed by atoms with Gasteiger partial charge in [0.25, 0.3) is 0 Å².